The molecular formula is C13H17BrF3NO. The van der Waals surface area contributed by atoms with E-state index in [1.807, 2.05) is 13.8 Å². The number of methoxy groups -OCH3 is 1. The summed E-state index contributed by atoms with van der Waals surface area (Å²) in [6.45, 7) is 4.38. The van der Waals surface area contributed by atoms with Crippen molar-refractivity contribution in [2.75, 3.05) is 19.0 Å². The predicted molar refractivity (Wildman–Crippen MR) is 73.3 cm³/mol. The van der Waals surface area contributed by atoms with Crippen molar-refractivity contribution in [1.29, 1.82) is 0 Å². The van der Waals surface area contributed by atoms with Gasteiger partial charge in [0.25, 0.3) is 0 Å². The minimum Gasteiger partial charge on any atom is -0.384 e. The first-order chi connectivity index (χ1) is 8.65. The number of halogens is 4. The maximum Gasteiger partial charge on any atom is 0.416 e. The maximum atomic E-state index is 12.6. The molecular weight excluding hydrogens is 323 g/mol. The molecule has 1 rings (SSSR count). The number of rotatable bonds is 5. The summed E-state index contributed by atoms with van der Waals surface area (Å²) in [6.07, 6.45) is -3.64. The summed E-state index contributed by atoms with van der Waals surface area (Å²) in [7, 11) is 1.61. The Morgan fingerprint density at radius 2 is 1.89 bits per heavy atom. The van der Waals surface area contributed by atoms with Gasteiger partial charge in [-0.25, -0.2) is 0 Å². The number of benzene rings is 1. The lowest BCUT2D eigenvalue weighted by Gasteiger charge is -2.23. The van der Waals surface area contributed by atoms with E-state index < -0.39 is 11.7 Å². The van der Waals surface area contributed by atoms with E-state index in [9.17, 15) is 13.2 Å². The van der Waals surface area contributed by atoms with Crippen LogP contribution in [-0.2, 0) is 10.9 Å². The fraction of sp³-hybridized carbons (Fsp3) is 0.538. The van der Waals surface area contributed by atoms with Crippen molar-refractivity contribution < 1.29 is 17.9 Å². The largest absolute Gasteiger partial charge is 0.416 e. The maximum absolute atomic E-state index is 12.6. The molecule has 2 nitrogen and oxygen atoms in total. The Bertz CT molecular complexity index is 432. The van der Waals surface area contributed by atoms with E-state index in [1.54, 1.807) is 7.11 Å². The second kappa shape index (κ2) is 6.13. The molecule has 0 unspecified atom stereocenters. The van der Waals surface area contributed by atoms with Gasteiger partial charge < -0.3 is 10.1 Å². The van der Waals surface area contributed by atoms with E-state index in [2.05, 4.69) is 21.2 Å². The second-order valence-corrected chi connectivity index (χ2v) is 5.69. The van der Waals surface area contributed by atoms with Gasteiger partial charge in [0.2, 0.25) is 0 Å². The number of nitrogens with one attached hydrogen (secondary N) is 1. The highest BCUT2D eigenvalue weighted by Gasteiger charge is 2.30. The quantitative estimate of drug-likeness (QED) is 0.839. The first-order valence-electron chi connectivity index (χ1n) is 5.81. The SMILES string of the molecule is COC(C)(C)CCNc1cc(C(F)(F)F)ccc1Br. The van der Waals surface area contributed by atoms with Crippen molar-refractivity contribution in [1.82, 2.24) is 0 Å². The van der Waals surface area contributed by atoms with Crippen LogP contribution in [0.1, 0.15) is 25.8 Å². The first-order valence-corrected chi connectivity index (χ1v) is 6.61. The van der Waals surface area contributed by atoms with Crippen LogP contribution in [0.25, 0.3) is 0 Å². The number of ether oxygens (including phenoxy) is 1. The Hall–Kier alpha value is -0.750. The zero-order valence-corrected chi connectivity index (χ0v) is 12.7. The second-order valence-electron chi connectivity index (χ2n) is 4.83. The Morgan fingerprint density at radius 1 is 1.26 bits per heavy atom. The summed E-state index contributed by atoms with van der Waals surface area (Å²) in [4.78, 5) is 0. The van der Waals surface area contributed by atoms with Gasteiger partial charge in [0.15, 0.2) is 0 Å². The lowest BCUT2D eigenvalue weighted by Crippen LogP contribution is -2.25. The van der Waals surface area contributed by atoms with Crippen molar-refractivity contribution in [2.24, 2.45) is 0 Å². The molecule has 0 aliphatic heterocycles. The van der Waals surface area contributed by atoms with E-state index in [4.69, 9.17) is 4.74 Å². The van der Waals surface area contributed by atoms with Crippen LogP contribution in [0.5, 0.6) is 0 Å². The van der Waals surface area contributed by atoms with Crippen molar-refractivity contribution in [2.45, 2.75) is 32.0 Å². The monoisotopic (exact) mass is 339 g/mol. The summed E-state index contributed by atoms with van der Waals surface area (Å²) in [5.74, 6) is 0. The van der Waals surface area contributed by atoms with E-state index in [0.717, 1.165) is 12.1 Å². The van der Waals surface area contributed by atoms with Crippen LogP contribution in [0, 0.1) is 0 Å². The third-order valence-corrected chi connectivity index (χ3v) is 3.58. The molecule has 0 radical (unpaired) electrons. The van der Waals surface area contributed by atoms with E-state index in [1.165, 1.54) is 6.07 Å². The minimum atomic E-state index is -4.33. The molecule has 6 heteroatoms. The smallest absolute Gasteiger partial charge is 0.384 e. The van der Waals surface area contributed by atoms with Crippen LogP contribution in [-0.4, -0.2) is 19.3 Å². The predicted octanol–water partition coefficient (Wildman–Crippen LogP) is 4.69. The fourth-order valence-corrected chi connectivity index (χ4v) is 1.82. The molecule has 0 heterocycles. The Kier molecular flexibility index (Phi) is 5.26. The van der Waals surface area contributed by atoms with Gasteiger partial charge in [-0.05, 0) is 54.4 Å². The van der Waals surface area contributed by atoms with Crippen molar-refractivity contribution >= 4 is 21.6 Å². The van der Waals surface area contributed by atoms with Gasteiger partial charge in [0.1, 0.15) is 0 Å². The molecule has 0 saturated carbocycles. The van der Waals surface area contributed by atoms with E-state index >= 15 is 0 Å². The first kappa shape index (κ1) is 16.3. The van der Waals surface area contributed by atoms with Gasteiger partial charge >= 0.3 is 6.18 Å². The van der Waals surface area contributed by atoms with Crippen molar-refractivity contribution in [3.05, 3.63) is 28.2 Å². The molecule has 19 heavy (non-hydrogen) atoms. The molecule has 0 fully saturated rings. The fourth-order valence-electron chi connectivity index (χ4n) is 1.44. The molecule has 0 aliphatic rings. The summed E-state index contributed by atoms with van der Waals surface area (Å²) in [6, 6.07) is 3.55. The zero-order valence-electron chi connectivity index (χ0n) is 11.1. The summed E-state index contributed by atoms with van der Waals surface area (Å²) >= 11 is 3.23. The van der Waals surface area contributed by atoms with Crippen LogP contribution in [0.3, 0.4) is 0 Å². The normalized spacial score (nSPS) is 12.6. The van der Waals surface area contributed by atoms with Crippen molar-refractivity contribution in [3.63, 3.8) is 0 Å². The lowest BCUT2D eigenvalue weighted by atomic mass is 10.1. The molecule has 108 valence electrons. The third kappa shape index (κ3) is 5.03. The Morgan fingerprint density at radius 3 is 2.42 bits per heavy atom. The standard InChI is InChI=1S/C13H17BrF3NO/c1-12(2,19-3)6-7-18-11-8-9(13(15,16)17)4-5-10(11)14/h4-5,8,18H,6-7H2,1-3H3. The Balaban J connectivity index is 2.73. The molecule has 0 bridgehead atoms. The number of hydrogen-bond acceptors (Lipinski definition) is 2. The van der Waals surface area contributed by atoms with Crippen LogP contribution in [0.2, 0.25) is 0 Å². The highest BCUT2D eigenvalue weighted by Crippen LogP contribution is 2.34. The summed E-state index contributed by atoms with van der Waals surface area (Å²) in [5.41, 5.74) is -0.535. The molecule has 1 N–H and O–H groups in total. The van der Waals surface area contributed by atoms with Gasteiger partial charge in [-0.15, -0.1) is 0 Å². The number of hydrogen-bond donors (Lipinski definition) is 1. The molecule has 0 spiro atoms. The highest BCUT2D eigenvalue weighted by atomic mass is 79.9. The van der Waals surface area contributed by atoms with Crippen LogP contribution in [0.15, 0.2) is 22.7 Å². The molecule has 0 atom stereocenters. The average Bonchev–Trinajstić information content (AvgIpc) is 2.30. The highest BCUT2D eigenvalue weighted by molar-refractivity contribution is 9.10. The van der Waals surface area contributed by atoms with Gasteiger partial charge in [-0.2, -0.15) is 13.2 Å². The summed E-state index contributed by atoms with van der Waals surface area (Å²) in [5, 5.41) is 2.99. The molecule has 0 aromatic heterocycles. The molecule has 0 aliphatic carbocycles. The van der Waals surface area contributed by atoms with Gasteiger partial charge in [-0.1, -0.05) is 0 Å². The molecule has 1 aromatic rings. The average molecular weight is 340 g/mol. The minimum absolute atomic E-state index is 0.304. The van der Waals surface area contributed by atoms with E-state index in [0.29, 0.717) is 23.1 Å². The zero-order chi connectivity index (χ0) is 14.7. The molecule has 0 amide bonds. The van der Waals surface area contributed by atoms with Crippen LogP contribution in [0.4, 0.5) is 18.9 Å². The van der Waals surface area contributed by atoms with Gasteiger partial charge in [0.05, 0.1) is 11.2 Å². The summed E-state index contributed by atoms with van der Waals surface area (Å²) < 4.78 is 43.7. The third-order valence-electron chi connectivity index (χ3n) is 2.89. The molecule has 1 aromatic carbocycles. The topological polar surface area (TPSA) is 21.3 Å². The van der Waals surface area contributed by atoms with E-state index in [-0.39, 0.29) is 5.60 Å². The number of anilines is 1. The molecule has 0 saturated heterocycles. The van der Waals surface area contributed by atoms with Crippen LogP contribution >= 0.6 is 15.9 Å². The van der Waals surface area contributed by atoms with Crippen molar-refractivity contribution in [3.8, 4) is 0 Å². The number of alkyl halides is 3. The Labute approximate surface area is 119 Å². The van der Waals surface area contributed by atoms with Gasteiger partial charge in [0, 0.05) is 23.8 Å². The van der Waals surface area contributed by atoms with Crippen LogP contribution < -0.4 is 5.32 Å². The lowest BCUT2D eigenvalue weighted by molar-refractivity contribution is -0.137. The van der Waals surface area contributed by atoms with Gasteiger partial charge in [-0.3, -0.25) is 0 Å².